The predicted octanol–water partition coefficient (Wildman–Crippen LogP) is 0.451. The molecule has 0 aliphatic heterocycles. The first kappa shape index (κ1) is 12.0. The third-order valence-corrected chi connectivity index (χ3v) is 3.48. The number of nitrogens with two attached hydrogens (primary N) is 1. The minimum Gasteiger partial charge on any atom is -0.392 e. The maximum Gasteiger partial charge on any atom is 0.233 e. The summed E-state index contributed by atoms with van der Waals surface area (Å²) in [6.45, 7) is 1.93. The molecule has 1 aliphatic carbocycles. The number of nitrogens with zero attached hydrogens (tertiary/aromatic N) is 2. The molecule has 6 nitrogen and oxygen atoms in total. The van der Waals surface area contributed by atoms with Crippen LogP contribution in [0.1, 0.15) is 31.0 Å². The van der Waals surface area contributed by atoms with Gasteiger partial charge in [-0.05, 0) is 12.8 Å². The smallest absolute Gasteiger partial charge is 0.233 e. The summed E-state index contributed by atoms with van der Waals surface area (Å²) in [6.07, 6.45) is 2.42. The zero-order valence-electron chi connectivity index (χ0n) is 9.52. The van der Waals surface area contributed by atoms with Gasteiger partial charge < -0.3 is 15.6 Å². The number of aryl methyl sites for hydroxylation is 1. The lowest BCUT2D eigenvalue weighted by atomic mass is 9.68. The van der Waals surface area contributed by atoms with Gasteiger partial charge in [-0.3, -0.25) is 4.79 Å². The lowest BCUT2D eigenvalue weighted by Gasteiger charge is -2.38. The summed E-state index contributed by atoms with van der Waals surface area (Å²) in [4.78, 5) is 16.3. The van der Waals surface area contributed by atoms with Crippen LogP contribution in [0.4, 0.5) is 0 Å². The van der Waals surface area contributed by atoms with Crippen molar-refractivity contribution in [3.05, 3.63) is 11.7 Å². The van der Waals surface area contributed by atoms with Crippen LogP contribution in [0, 0.1) is 12.3 Å². The van der Waals surface area contributed by atoms with Crippen LogP contribution >= 0.6 is 12.2 Å². The standard InChI is InChI=1S/C10H14N4O2S/c1-6-13-7(14-16-6)5-12-9(15)10(8(11)17)3-2-4-10/h2-5H2,1H3,(H2,11,17)(H,12,15). The number of amides is 1. The summed E-state index contributed by atoms with van der Waals surface area (Å²) >= 11 is 4.96. The fourth-order valence-corrected chi connectivity index (χ4v) is 2.15. The number of aromatic nitrogens is 2. The highest BCUT2D eigenvalue weighted by molar-refractivity contribution is 7.80. The van der Waals surface area contributed by atoms with E-state index < -0.39 is 5.41 Å². The van der Waals surface area contributed by atoms with E-state index in [4.69, 9.17) is 22.5 Å². The van der Waals surface area contributed by atoms with Gasteiger partial charge in [-0.2, -0.15) is 4.98 Å². The van der Waals surface area contributed by atoms with Crippen molar-refractivity contribution in [3.63, 3.8) is 0 Å². The molecule has 1 fully saturated rings. The Morgan fingerprint density at radius 3 is 2.76 bits per heavy atom. The average Bonchev–Trinajstić information content (AvgIpc) is 2.59. The second kappa shape index (κ2) is 4.40. The first-order valence-corrected chi connectivity index (χ1v) is 5.83. The van der Waals surface area contributed by atoms with Crippen molar-refractivity contribution >= 4 is 23.1 Å². The Kier molecular flexibility index (Phi) is 3.10. The van der Waals surface area contributed by atoms with Gasteiger partial charge in [0.15, 0.2) is 5.82 Å². The number of thiocarbonyl (C=S) groups is 1. The molecule has 0 spiro atoms. The SMILES string of the molecule is Cc1nc(CNC(=O)C2(C(N)=S)CCC2)no1. The molecule has 1 aromatic heterocycles. The lowest BCUT2D eigenvalue weighted by molar-refractivity contribution is -0.131. The van der Waals surface area contributed by atoms with E-state index in [-0.39, 0.29) is 17.4 Å². The first-order valence-electron chi connectivity index (χ1n) is 5.42. The summed E-state index contributed by atoms with van der Waals surface area (Å²) < 4.78 is 4.81. The fourth-order valence-electron chi connectivity index (χ4n) is 1.86. The molecule has 17 heavy (non-hydrogen) atoms. The summed E-state index contributed by atoms with van der Waals surface area (Å²) in [5.74, 6) is 0.786. The van der Waals surface area contributed by atoms with Gasteiger partial charge in [0.1, 0.15) is 0 Å². The van der Waals surface area contributed by atoms with Crippen molar-refractivity contribution in [3.8, 4) is 0 Å². The minimum atomic E-state index is -0.659. The fraction of sp³-hybridized carbons (Fsp3) is 0.600. The third-order valence-electron chi connectivity index (χ3n) is 3.09. The van der Waals surface area contributed by atoms with E-state index in [0.717, 1.165) is 19.3 Å². The monoisotopic (exact) mass is 254 g/mol. The Hall–Kier alpha value is -1.50. The van der Waals surface area contributed by atoms with E-state index in [1.807, 2.05) is 0 Å². The van der Waals surface area contributed by atoms with Crippen LogP contribution in [0.25, 0.3) is 0 Å². The number of carbonyl (C=O) groups excluding carboxylic acids is 1. The molecule has 0 saturated heterocycles. The number of hydrogen-bond donors (Lipinski definition) is 2. The lowest BCUT2D eigenvalue weighted by Crippen LogP contribution is -2.52. The van der Waals surface area contributed by atoms with Crippen molar-refractivity contribution in [2.75, 3.05) is 0 Å². The number of rotatable bonds is 4. The predicted molar refractivity (Wildman–Crippen MR) is 64.0 cm³/mol. The van der Waals surface area contributed by atoms with Gasteiger partial charge in [-0.15, -0.1) is 0 Å². The van der Waals surface area contributed by atoms with E-state index in [9.17, 15) is 4.79 Å². The van der Waals surface area contributed by atoms with Crippen LogP contribution in [0.15, 0.2) is 4.52 Å². The van der Waals surface area contributed by atoms with Gasteiger partial charge in [0.2, 0.25) is 11.8 Å². The molecule has 0 aromatic carbocycles. The molecular formula is C10H14N4O2S. The van der Waals surface area contributed by atoms with Crippen LogP contribution in [-0.4, -0.2) is 21.0 Å². The minimum absolute atomic E-state index is 0.140. The van der Waals surface area contributed by atoms with Crippen LogP contribution in [0.3, 0.4) is 0 Å². The summed E-state index contributed by atoms with van der Waals surface area (Å²) in [7, 11) is 0. The van der Waals surface area contributed by atoms with Crippen molar-refractivity contribution in [1.82, 2.24) is 15.5 Å². The van der Waals surface area contributed by atoms with E-state index in [1.54, 1.807) is 6.92 Å². The van der Waals surface area contributed by atoms with E-state index in [1.165, 1.54) is 0 Å². The molecule has 1 saturated carbocycles. The molecule has 1 heterocycles. The molecule has 92 valence electrons. The van der Waals surface area contributed by atoms with Crippen LogP contribution in [0.5, 0.6) is 0 Å². The Balaban J connectivity index is 1.95. The van der Waals surface area contributed by atoms with E-state index in [2.05, 4.69) is 15.5 Å². The molecule has 1 aliphatic rings. The normalized spacial score (nSPS) is 17.2. The molecule has 0 bridgehead atoms. The van der Waals surface area contributed by atoms with Gasteiger partial charge in [0.25, 0.3) is 0 Å². The summed E-state index contributed by atoms with van der Waals surface area (Å²) in [6, 6.07) is 0. The molecule has 3 N–H and O–H groups in total. The van der Waals surface area contributed by atoms with Crippen LogP contribution < -0.4 is 11.1 Å². The zero-order chi connectivity index (χ0) is 12.5. The van der Waals surface area contributed by atoms with Gasteiger partial charge in [-0.1, -0.05) is 23.8 Å². The summed E-state index contributed by atoms with van der Waals surface area (Å²) in [5, 5.41) is 6.44. The Morgan fingerprint density at radius 1 is 1.65 bits per heavy atom. The topological polar surface area (TPSA) is 94.0 Å². The highest BCUT2D eigenvalue weighted by Crippen LogP contribution is 2.41. The zero-order valence-corrected chi connectivity index (χ0v) is 10.3. The highest BCUT2D eigenvalue weighted by atomic mass is 32.1. The Labute approximate surface area is 104 Å². The maximum atomic E-state index is 12.0. The molecule has 0 atom stereocenters. The molecular weight excluding hydrogens is 240 g/mol. The molecule has 1 aromatic rings. The highest BCUT2D eigenvalue weighted by Gasteiger charge is 2.46. The molecule has 0 radical (unpaired) electrons. The second-order valence-corrected chi connectivity index (χ2v) is 4.65. The summed E-state index contributed by atoms with van der Waals surface area (Å²) in [5.41, 5.74) is 4.97. The van der Waals surface area contributed by atoms with Gasteiger partial charge >= 0.3 is 0 Å². The van der Waals surface area contributed by atoms with Crippen LogP contribution in [0.2, 0.25) is 0 Å². The number of carbonyl (C=O) groups is 1. The molecule has 7 heteroatoms. The molecule has 2 rings (SSSR count). The van der Waals surface area contributed by atoms with Gasteiger partial charge in [0.05, 0.1) is 16.9 Å². The Morgan fingerprint density at radius 2 is 2.35 bits per heavy atom. The maximum absolute atomic E-state index is 12.0. The first-order chi connectivity index (χ1) is 8.04. The van der Waals surface area contributed by atoms with E-state index in [0.29, 0.717) is 11.7 Å². The second-order valence-electron chi connectivity index (χ2n) is 4.21. The number of hydrogen-bond acceptors (Lipinski definition) is 5. The number of nitrogens with one attached hydrogen (secondary N) is 1. The van der Waals surface area contributed by atoms with E-state index >= 15 is 0 Å². The van der Waals surface area contributed by atoms with Crippen molar-refractivity contribution < 1.29 is 9.32 Å². The van der Waals surface area contributed by atoms with Crippen molar-refractivity contribution in [2.24, 2.45) is 11.1 Å². The van der Waals surface area contributed by atoms with Crippen LogP contribution in [-0.2, 0) is 11.3 Å². The molecule has 1 amide bonds. The van der Waals surface area contributed by atoms with Crippen molar-refractivity contribution in [1.29, 1.82) is 0 Å². The van der Waals surface area contributed by atoms with Gasteiger partial charge in [-0.25, -0.2) is 0 Å². The average molecular weight is 254 g/mol. The van der Waals surface area contributed by atoms with Crippen molar-refractivity contribution in [2.45, 2.75) is 32.7 Å². The largest absolute Gasteiger partial charge is 0.392 e. The third kappa shape index (κ3) is 2.14. The quantitative estimate of drug-likeness (QED) is 0.758. The Bertz CT molecular complexity index is 453. The molecule has 0 unspecified atom stereocenters. The van der Waals surface area contributed by atoms with Gasteiger partial charge in [0, 0.05) is 6.92 Å².